The van der Waals surface area contributed by atoms with Gasteiger partial charge >= 0.3 is 13.1 Å². The molecule has 1 aliphatic rings. The van der Waals surface area contributed by atoms with Gasteiger partial charge in [0, 0.05) is 0 Å². The van der Waals surface area contributed by atoms with Gasteiger partial charge < -0.3 is 20.3 Å². The van der Waals surface area contributed by atoms with Crippen LogP contribution in [0.1, 0.15) is 19.3 Å². The summed E-state index contributed by atoms with van der Waals surface area (Å²) in [6.07, 6.45) is 0.747. The lowest BCUT2D eigenvalue weighted by atomic mass is 9.80. The minimum atomic E-state index is -1.37. The fourth-order valence-corrected chi connectivity index (χ4v) is 1.98. The zero-order chi connectivity index (χ0) is 10.7. The second-order valence-corrected chi connectivity index (χ2v) is 3.89. The van der Waals surface area contributed by atoms with E-state index in [-0.39, 0.29) is 18.7 Å². The predicted octanol–water partition coefficient (Wildman–Crippen LogP) is -0.679. The van der Waals surface area contributed by atoms with Gasteiger partial charge in [0.25, 0.3) is 0 Å². The number of carbonyl (C=O) groups is 1. The molecule has 1 unspecified atom stereocenters. The molecular weight excluding hydrogens is 187 g/mol. The van der Waals surface area contributed by atoms with Crippen LogP contribution in [0.15, 0.2) is 0 Å². The van der Waals surface area contributed by atoms with E-state index in [0.717, 1.165) is 0 Å². The molecule has 0 saturated heterocycles. The zero-order valence-electron chi connectivity index (χ0n) is 7.83. The predicted molar refractivity (Wildman–Crippen MR) is 49.5 cm³/mol. The van der Waals surface area contributed by atoms with Gasteiger partial charge in [0.05, 0.1) is 12.0 Å². The van der Waals surface area contributed by atoms with Crippen molar-refractivity contribution in [3.05, 3.63) is 0 Å². The number of carboxylic acid groups (broad SMARTS) is 1. The maximum Gasteiger partial charge on any atom is 0.451 e. The minimum absolute atomic E-state index is 0.113. The van der Waals surface area contributed by atoms with E-state index in [1.54, 1.807) is 0 Å². The van der Waals surface area contributed by atoms with Crippen LogP contribution in [0.4, 0.5) is 0 Å². The Balaban J connectivity index is 2.37. The molecular formula is C8H15BO5. The first-order valence-electron chi connectivity index (χ1n) is 4.77. The van der Waals surface area contributed by atoms with E-state index >= 15 is 0 Å². The van der Waals surface area contributed by atoms with E-state index in [2.05, 4.69) is 0 Å². The third kappa shape index (κ3) is 2.97. The molecule has 0 amide bonds. The van der Waals surface area contributed by atoms with E-state index in [1.165, 1.54) is 0 Å². The van der Waals surface area contributed by atoms with Gasteiger partial charge in [-0.05, 0) is 31.5 Å². The van der Waals surface area contributed by atoms with Crippen molar-refractivity contribution in [1.29, 1.82) is 0 Å². The lowest BCUT2D eigenvalue weighted by Crippen LogP contribution is -2.17. The first-order valence-corrected chi connectivity index (χ1v) is 4.77. The number of rotatable bonds is 4. The van der Waals surface area contributed by atoms with Crippen LogP contribution in [0.5, 0.6) is 0 Å². The fourth-order valence-electron chi connectivity index (χ4n) is 1.98. The van der Waals surface area contributed by atoms with Crippen molar-refractivity contribution in [2.24, 2.45) is 11.8 Å². The van der Waals surface area contributed by atoms with Crippen LogP contribution < -0.4 is 0 Å². The van der Waals surface area contributed by atoms with Crippen molar-refractivity contribution in [3.63, 3.8) is 0 Å². The van der Waals surface area contributed by atoms with Crippen LogP contribution in [0.25, 0.3) is 0 Å². The van der Waals surface area contributed by atoms with E-state index < -0.39 is 25.1 Å². The summed E-state index contributed by atoms with van der Waals surface area (Å²) in [6, 6.07) is 0. The van der Waals surface area contributed by atoms with Crippen molar-refractivity contribution in [1.82, 2.24) is 0 Å². The van der Waals surface area contributed by atoms with Crippen molar-refractivity contribution < 1.29 is 25.1 Å². The number of hydrogen-bond donors (Lipinski definition) is 4. The molecule has 4 N–H and O–H groups in total. The Morgan fingerprint density at radius 1 is 1.36 bits per heavy atom. The highest BCUT2D eigenvalue weighted by atomic mass is 16.4. The summed E-state index contributed by atoms with van der Waals surface area (Å²) in [6.45, 7) is 0. The number of aliphatic carboxylic acids is 1. The zero-order valence-corrected chi connectivity index (χ0v) is 7.83. The molecule has 0 radical (unpaired) electrons. The molecule has 1 aliphatic carbocycles. The van der Waals surface area contributed by atoms with Crippen LogP contribution in [0.3, 0.4) is 0 Å². The summed E-state index contributed by atoms with van der Waals surface area (Å²) in [5, 5.41) is 35.5. The molecule has 1 rings (SSSR count). The molecule has 3 atom stereocenters. The lowest BCUT2D eigenvalue weighted by molar-refractivity contribution is -0.141. The van der Waals surface area contributed by atoms with Gasteiger partial charge in [-0.2, -0.15) is 0 Å². The normalized spacial score (nSPS) is 31.8. The molecule has 0 aromatic carbocycles. The van der Waals surface area contributed by atoms with Gasteiger partial charge in [-0.1, -0.05) is 0 Å². The molecule has 0 aromatic rings. The maximum atomic E-state index is 10.6. The largest absolute Gasteiger partial charge is 0.481 e. The van der Waals surface area contributed by atoms with E-state index in [0.29, 0.717) is 12.8 Å². The summed E-state index contributed by atoms with van der Waals surface area (Å²) < 4.78 is 0. The van der Waals surface area contributed by atoms with E-state index in [1.807, 2.05) is 0 Å². The summed E-state index contributed by atoms with van der Waals surface area (Å²) >= 11 is 0. The third-order valence-electron chi connectivity index (χ3n) is 2.80. The summed E-state index contributed by atoms with van der Waals surface area (Å²) in [4.78, 5) is 10.6. The van der Waals surface area contributed by atoms with Gasteiger partial charge in [0.2, 0.25) is 0 Å². The molecule has 14 heavy (non-hydrogen) atoms. The molecule has 80 valence electrons. The Kier molecular flexibility index (Phi) is 3.91. The quantitative estimate of drug-likeness (QED) is 0.453. The Bertz CT molecular complexity index is 208. The van der Waals surface area contributed by atoms with Crippen LogP contribution in [-0.2, 0) is 4.79 Å². The topological polar surface area (TPSA) is 98.0 Å². The van der Waals surface area contributed by atoms with Gasteiger partial charge in [-0.3, -0.25) is 4.79 Å². The highest BCUT2D eigenvalue weighted by Gasteiger charge is 2.36. The van der Waals surface area contributed by atoms with E-state index in [4.69, 9.17) is 15.2 Å². The Morgan fingerprint density at radius 3 is 2.43 bits per heavy atom. The number of aliphatic hydroxyl groups is 1. The third-order valence-corrected chi connectivity index (χ3v) is 2.80. The molecule has 0 bridgehead atoms. The van der Waals surface area contributed by atoms with Crippen molar-refractivity contribution in [2.45, 2.75) is 31.7 Å². The minimum Gasteiger partial charge on any atom is -0.481 e. The molecule has 1 saturated carbocycles. The average Bonchev–Trinajstić information content (AvgIpc) is 2.43. The van der Waals surface area contributed by atoms with Crippen LogP contribution in [0.2, 0.25) is 6.32 Å². The molecule has 0 spiro atoms. The number of carboxylic acids is 1. The smallest absolute Gasteiger partial charge is 0.451 e. The van der Waals surface area contributed by atoms with Gasteiger partial charge in [0.1, 0.15) is 0 Å². The highest BCUT2D eigenvalue weighted by Crippen LogP contribution is 2.34. The van der Waals surface area contributed by atoms with Crippen LogP contribution in [-0.4, -0.2) is 39.5 Å². The summed E-state index contributed by atoms with van der Waals surface area (Å²) in [5.41, 5.74) is 0. The second-order valence-electron chi connectivity index (χ2n) is 3.89. The van der Waals surface area contributed by atoms with Crippen LogP contribution in [0, 0.1) is 11.8 Å². The van der Waals surface area contributed by atoms with Crippen molar-refractivity contribution in [2.75, 3.05) is 0 Å². The fraction of sp³-hybridized carbons (Fsp3) is 0.875. The first-order chi connectivity index (χ1) is 6.50. The van der Waals surface area contributed by atoms with E-state index in [9.17, 15) is 9.90 Å². The molecule has 0 aromatic heterocycles. The van der Waals surface area contributed by atoms with Crippen molar-refractivity contribution in [3.8, 4) is 0 Å². The van der Waals surface area contributed by atoms with Crippen LogP contribution >= 0.6 is 0 Å². The van der Waals surface area contributed by atoms with Crippen molar-refractivity contribution >= 4 is 13.1 Å². The average molecular weight is 202 g/mol. The van der Waals surface area contributed by atoms with Gasteiger partial charge in [-0.15, -0.1) is 0 Å². The standard InChI is InChI=1S/C8H15BO5/c10-7-4-6(8(11)12)3-5(7)1-2-9(13)14/h5-7,10,13-14H,1-4H2,(H,11,12)/t5?,6-,7-/m0/s1. The second kappa shape index (κ2) is 4.77. The Labute approximate surface area is 82.5 Å². The first kappa shape index (κ1) is 11.5. The van der Waals surface area contributed by atoms with Gasteiger partial charge in [0.15, 0.2) is 0 Å². The number of hydrogen-bond acceptors (Lipinski definition) is 4. The molecule has 5 nitrogen and oxygen atoms in total. The molecule has 0 aliphatic heterocycles. The molecule has 1 fully saturated rings. The van der Waals surface area contributed by atoms with Gasteiger partial charge in [-0.25, -0.2) is 0 Å². The molecule has 0 heterocycles. The maximum absolute atomic E-state index is 10.6. The molecule has 6 heteroatoms. The summed E-state index contributed by atoms with van der Waals surface area (Å²) in [5.74, 6) is -1.47. The SMILES string of the molecule is O=C(O)[C@H]1CC(CCB(O)O)[C@@H](O)C1. The lowest BCUT2D eigenvalue weighted by Gasteiger charge is -2.12. The number of aliphatic hydroxyl groups excluding tert-OH is 1. The monoisotopic (exact) mass is 202 g/mol. The highest BCUT2D eigenvalue weighted by molar-refractivity contribution is 6.40. The summed E-state index contributed by atoms with van der Waals surface area (Å²) in [7, 11) is -1.37. The Morgan fingerprint density at radius 2 is 2.00 bits per heavy atom. The Hall–Kier alpha value is -0.585.